The minimum absolute atomic E-state index is 0.0780. The van der Waals surface area contributed by atoms with Crippen molar-refractivity contribution in [3.05, 3.63) is 85.1 Å². The molecule has 1 atom stereocenters. The summed E-state index contributed by atoms with van der Waals surface area (Å²) in [6.45, 7) is 1.78. The summed E-state index contributed by atoms with van der Waals surface area (Å²) in [7, 11) is 0. The molecular weight excluding hydrogens is 422 g/mol. The molecule has 0 fully saturated rings. The van der Waals surface area contributed by atoms with Crippen LogP contribution in [-0.2, 0) is 9.59 Å². The number of H-pyrrole nitrogens is 1. The van der Waals surface area contributed by atoms with Crippen molar-refractivity contribution in [2.75, 3.05) is 17.2 Å². The Hall–Kier alpha value is -3.71. The summed E-state index contributed by atoms with van der Waals surface area (Å²) in [5.74, 6) is 0.301. The highest BCUT2D eigenvalue weighted by molar-refractivity contribution is 8.00. The monoisotopic (exact) mass is 445 g/mol. The molecule has 0 radical (unpaired) electrons. The maximum absolute atomic E-state index is 12.6. The van der Waals surface area contributed by atoms with E-state index < -0.39 is 0 Å². The maximum Gasteiger partial charge on any atom is 0.262 e. The average molecular weight is 446 g/mol. The first kappa shape index (κ1) is 21.5. The fourth-order valence-electron chi connectivity index (χ4n) is 3.14. The summed E-state index contributed by atoms with van der Waals surface area (Å²) in [6.07, 6.45) is 1.87. The lowest BCUT2D eigenvalue weighted by atomic mass is 10.2. The highest BCUT2D eigenvalue weighted by atomic mass is 32.2. The molecule has 0 saturated carbocycles. The zero-order valence-corrected chi connectivity index (χ0v) is 18.3. The molecule has 2 amide bonds. The molecule has 32 heavy (non-hydrogen) atoms. The molecule has 6 nitrogen and oxygen atoms in total. The van der Waals surface area contributed by atoms with E-state index in [1.165, 1.54) is 11.8 Å². The predicted molar refractivity (Wildman–Crippen MR) is 129 cm³/mol. The van der Waals surface area contributed by atoms with E-state index >= 15 is 0 Å². The number of fused-ring (bicyclic) bond motifs is 1. The lowest BCUT2D eigenvalue weighted by molar-refractivity contribution is -0.118. The molecule has 162 valence electrons. The van der Waals surface area contributed by atoms with Crippen molar-refractivity contribution in [2.45, 2.75) is 17.1 Å². The van der Waals surface area contributed by atoms with E-state index in [0.717, 1.165) is 21.5 Å². The molecule has 1 heterocycles. The molecule has 3 N–H and O–H groups in total. The maximum atomic E-state index is 12.6. The molecule has 1 aromatic heterocycles. The van der Waals surface area contributed by atoms with Gasteiger partial charge in [0.15, 0.2) is 6.61 Å². The molecule has 0 spiro atoms. The van der Waals surface area contributed by atoms with Gasteiger partial charge in [0.25, 0.3) is 5.91 Å². The third kappa shape index (κ3) is 5.70. The van der Waals surface area contributed by atoms with Gasteiger partial charge in [0, 0.05) is 28.0 Å². The zero-order valence-electron chi connectivity index (χ0n) is 17.5. The second-order valence-electron chi connectivity index (χ2n) is 7.21. The van der Waals surface area contributed by atoms with Crippen molar-refractivity contribution in [3.63, 3.8) is 0 Å². The van der Waals surface area contributed by atoms with Crippen LogP contribution in [0.2, 0.25) is 0 Å². The highest BCUT2D eigenvalue weighted by Crippen LogP contribution is 2.27. The van der Waals surface area contributed by atoms with Gasteiger partial charge in [-0.15, -0.1) is 11.8 Å². The number of benzene rings is 3. The van der Waals surface area contributed by atoms with Crippen LogP contribution >= 0.6 is 11.8 Å². The van der Waals surface area contributed by atoms with Crippen LogP contribution in [0.25, 0.3) is 10.9 Å². The van der Waals surface area contributed by atoms with Gasteiger partial charge in [-0.25, -0.2) is 0 Å². The largest absolute Gasteiger partial charge is 0.484 e. The molecule has 1 unspecified atom stereocenters. The zero-order chi connectivity index (χ0) is 22.3. The van der Waals surface area contributed by atoms with E-state index in [2.05, 4.69) is 15.6 Å². The fraction of sp³-hybridized carbons (Fsp3) is 0.120. The molecule has 4 aromatic rings. The number of carbonyl (C=O) groups excluding carboxylic acids is 2. The minimum Gasteiger partial charge on any atom is -0.484 e. The van der Waals surface area contributed by atoms with Gasteiger partial charge in [0.2, 0.25) is 5.91 Å². The van der Waals surface area contributed by atoms with E-state index in [4.69, 9.17) is 4.74 Å². The van der Waals surface area contributed by atoms with Crippen molar-refractivity contribution in [1.29, 1.82) is 0 Å². The molecule has 0 bridgehead atoms. The highest BCUT2D eigenvalue weighted by Gasteiger charge is 2.15. The smallest absolute Gasteiger partial charge is 0.262 e. The van der Waals surface area contributed by atoms with Gasteiger partial charge in [-0.2, -0.15) is 0 Å². The molecule has 0 aliphatic rings. The van der Waals surface area contributed by atoms with Gasteiger partial charge in [0.05, 0.1) is 5.25 Å². The summed E-state index contributed by atoms with van der Waals surface area (Å²) in [5, 5.41) is 6.56. The van der Waals surface area contributed by atoms with Gasteiger partial charge >= 0.3 is 0 Å². The van der Waals surface area contributed by atoms with E-state index in [1.54, 1.807) is 18.2 Å². The predicted octanol–water partition coefficient (Wildman–Crippen LogP) is 5.30. The number of para-hydroxylation sites is 1. The quantitative estimate of drug-likeness (QED) is 0.321. The number of anilines is 2. The fourth-order valence-corrected chi connectivity index (χ4v) is 4.06. The standard InChI is InChI=1S/C25H23N3O3S/c1-17(25(30)28-20-11-10-18-12-13-26-23(18)15-20)32-22-9-5-6-19(14-22)27-24(29)16-31-21-7-3-2-4-8-21/h2-15,17,26H,16H2,1H3,(H,27,29)(H,28,30). The van der Waals surface area contributed by atoms with Crippen molar-refractivity contribution in [2.24, 2.45) is 0 Å². The second kappa shape index (κ2) is 10.1. The first-order valence-electron chi connectivity index (χ1n) is 10.2. The Labute approximate surface area is 190 Å². The van der Waals surface area contributed by atoms with Gasteiger partial charge in [-0.3, -0.25) is 9.59 Å². The first-order valence-corrected chi connectivity index (χ1v) is 11.1. The number of thioether (sulfide) groups is 1. The third-order valence-electron chi connectivity index (χ3n) is 4.74. The number of ether oxygens (including phenoxy) is 1. The number of amides is 2. The first-order chi connectivity index (χ1) is 15.6. The molecule has 0 saturated heterocycles. The van der Waals surface area contributed by atoms with Crippen LogP contribution in [-0.4, -0.2) is 28.7 Å². The van der Waals surface area contributed by atoms with Gasteiger partial charge < -0.3 is 20.4 Å². The summed E-state index contributed by atoms with van der Waals surface area (Å²) in [5.41, 5.74) is 2.38. The Kier molecular flexibility index (Phi) is 6.77. The van der Waals surface area contributed by atoms with Gasteiger partial charge in [-0.05, 0) is 60.8 Å². The van der Waals surface area contributed by atoms with Crippen LogP contribution < -0.4 is 15.4 Å². The molecule has 4 rings (SSSR count). The van der Waals surface area contributed by atoms with E-state index in [9.17, 15) is 9.59 Å². The molecule has 7 heteroatoms. The van der Waals surface area contributed by atoms with Crippen molar-refractivity contribution >= 4 is 45.9 Å². The number of nitrogens with one attached hydrogen (secondary N) is 3. The van der Waals surface area contributed by atoms with Crippen molar-refractivity contribution < 1.29 is 14.3 Å². The Morgan fingerprint density at radius 3 is 2.59 bits per heavy atom. The normalized spacial score (nSPS) is 11.7. The second-order valence-corrected chi connectivity index (χ2v) is 8.62. The summed E-state index contributed by atoms with van der Waals surface area (Å²) in [6, 6.07) is 24.4. The number of hydrogen-bond acceptors (Lipinski definition) is 4. The van der Waals surface area contributed by atoms with Crippen LogP contribution in [0.3, 0.4) is 0 Å². The summed E-state index contributed by atoms with van der Waals surface area (Å²) in [4.78, 5) is 28.9. The number of aromatic nitrogens is 1. The molecular formula is C25H23N3O3S. The van der Waals surface area contributed by atoms with Crippen LogP contribution in [0.4, 0.5) is 11.4 Å². The summed E-state index contributed by atoms with van der Waals surface area (Å²) >= 11 is 1.43. The third-order valence-corrected chi connectivity index (χ3v) is 5.83. The summed E-state index contributed by atoms with van der Waals surface area (Å²) < 4.78 is 5.47. The molecule has 0 aliphatic carbocycles. The Morgan fingerprint density at radius 1 is 0.938 bits per heavy atom. The lowest BCUT2D eigenvalue weighted by Crippen LogP contribution is -2.22. The lowest BCUT2D eigenvalue weighted by Gasteiger charge is -2.13. The van der Waals surface area contributed by atoms with Gasteiger partial charge in [-0.1, -0.05) is 30.3 Å². The number of rotatable bonds is 8. The topological polar surface area (TPSA) is 83.2 Å². The SMILES string of the molecule is CC(Sc1cccc(NC(=O)COc2ccccc2)c1)C(=O)Nc1ccc2cc[nH]c2c1. The van der Waals surface area contributed by atoms with Gasteiger partial charge in [0.1, 0.15) is 5.75 Å². The molecule has 3 aromatic carbocycles. The number of carbonyl (C=O) groups is 2. The average Bonchev–Trinajstić information content (AvgIpc) is 3.26. The minimum atomic E-state index is -0.318. The van der Waals surface area contributed by atoms with E-state index in [-0.39, 0.29) is 23.7 Å². The Morgan fingerprint density at radius 2 is 1.75 bits per heavy atom. The van der Waals surface area contributed by atoms with Crippen LogP contribution in [0.1, 0.15) is 6.92 Å². The van der Waals surface area contributed by atoms with Crippen LogP contribution in [0.15, 0.2) is 90.0 Å². The Balaban J connectivity index is 1.31. The van der Waals surface area contributed by atoms with E-state index in [1.807, 2.05) is 73.8 Å². The number of hydrogen-bond donors (Lipinski definition) is 3. The Bertz CT molecular complexity index is 1220. The molecule has 0 aliphatic heterocycles. The number of aromatic amines is 1. The van der Waals surface area contributed by atoms with Crippen LogP contribution in [0, 0.1) is 0 Å². The van der Waals surface area contributed by atoms with Crippen molar-refractivity contribution in [1.82, 2.24) is 4.98 Å². The van der Waals surface area contributed by atoms with E-state index in [0.29, 0.717) is 11.4 Å². The van der Waals surface area contributed by atoms with Crippen LogP contribution in [0.5, 0.6) is 5.75 Å². The van der Waals surface area contributed by atoms with Crippen molar-refractivity contribution in [3.8, 4) is 5.75 Å².